The molecular formula is C13H27B2O4. The summed E-state index contributed by atoms with van der Waals surface area (Å²) in [6, 6.07) is 0. The summed E-state index contributed by atoms with van der Waals surface area (Å²) in [5.41, 5.74) is -1.59. The van der Waals surface area contributed by atoms with Crippen molar-refractivity contribution in [3.8, 4) is 0 Å². The van der Waals surface area contributed by atoms with Crippen LogP contribution >= 0.6 is 0 Å². The first-order valence-corrected chi connectivity index (χ1v) is 6.77. The van der Waals surface area contributed by atoms with E-state index in [9.17, 15) is 0 Å². The second-order valence-electron chi connectivity index (χ2n) is 7.10. The van der Waals surface area contributed by atoms with Crippen LogP contribution < -0.4 is 0 Å². The van der Waals surface area contributed by atoms with Crippen LogP contribution in [0, 0.1) is 0 Å². The summed E-state index contributed by atoms with van der Waals surface area (Å²) in [5, 5.41) is 0. The molecule has 1 radical (unpaired) electrons. The molecule has 109 valence electrons. The van der Waals surface area contributed by atoms with Crippen LogP contribution in [0.5, 0.6) is 0 Å². The van der Waals surface area contributed by atoms with Gasteiger partial charge < -0.3 is 18.7 Å². The molecule has 0 aromatic heterocycles. The van der Waals surface area contributed by atoms with Crippen molar-refractivity contribution in [2.75, 3.05) is 7.11 Å². The van der Waals surface area contributed by atoms with Crippen LogP contribution in [0.1, 0.15) is 55.4 Å². The largest absolute Gasteiger partial charge is 0.439 e. The first-order chi connectivity index (χ1) is 8.35. The fraction of sp³-hybridized carbons (Fsp3) is 1.00. The monoisotopic (exact) mass is 269 g/mol. The molecule has 1 fully saturated rings. The highest BCUT2D eigenvalue weighted by molar-refractivity contribution is 7.03. The van der Waals surface area contributed by atoms with Crippen molar-refractivity contribution in [3.05, 3.63) is 0 Å². The van der Waals surface area contributed by atoms with E-state index in [1.54, 1.807) is 14.5 Å². The molecule has 0 aromatic rings. The lowest BCUT2D eigenvalue weighted by molar-refractivity contribution is -0.114. The van der Waals surface area contributed by atoms with E-state index in [0.29, 0.717) is 0 Å². The SMILES string of the molecule is COC(C)(C)C(C)(C)O[B]B1OC(C)(C)C(C)(C)O1. The van der Waals surface area contributed by atoms with Crippen LogP contribution in [0.4, 0.5) is 0 Å². The molecule has 0 N–H and O–H groups in total. The highest BCUT2D eigenvalue weighted by Gasteiger charge is 2.52. The van der Waals surface area contributed by atoms with Crippen LogP contribution in [-0.4, -0.2) is 43.9 Å². The van der Waals surface area contributed by atoms with Gasteiger partial charge in [-0.3, -0.25) is 0 Å². The molecule has 0 spiro atoms. The Hall–Kier alpha value is -0.0301. The standard InChI is InChI=1S/C13H27B2O4/c1-10(2,16-9)11(3,4)17-14-15-18-12(5,6)13(7,8)19-15/h1-9H3. The maximum absolute atomic E-state index is 5.86. The average molecular weight is 269 g/mol. The molecule has 0 aromatic carbocycles. The van der Waals surface area contributed by atoms with Gasteiger partial charge in [0, 0.05) is 7.11 Å². The number of ether oxygens (including phenoxy) is 1. The van der Waals surface area contributed by atoms with Gasteiger partial charge in [-0.2, -0.15) is 0 Å². The number of hydrogen-bond acceptors (Lipinski definition) is 4. The molecule has 0 saturated carbocycles. The van der Waals surface area contributed by atoms with Gasteiger partial charge in [-0.15, -0.1) is 0 Å². The van der Waals surface area contributed by atoms with Crippen molar-refractivity contribution in [2.45, 2.75) is 77.8 Å². The lowest BCUT2D eigenvalue weighted by atomic mass is 9.55. The van der Waals surface area contributed by atoms with Gasteiger partial charge in [0.15, 0.2) is 0 Å². The molecule has 0 atom stereocenters. The summed E-state index contributed by atoms with van der Waals surface area (Å²) >= 11 is 0. The smallest absolute Gasteiger partial charge is 0.435 e. The van der Waals surface area contributed by atoms with E-state index in [1.807, 2.05) is 55.4 Å². The molecular weight excluding hydrogens is 242 g/mol. The van der Waals surface area contributed by atoms with Gasteiger partial charge in [0.05, 0.1) is 22.4 Å². The highest BCUT2D eigenvalue weighted by Crippen LogP contribution is 2.37. The molecule has 1 saturated heterocycles. The molecule has 0 amide bonds. The van der Waals surface area contributed by atoms with Crippen LogP contribution in [-0.2, 0) is 18.7 Å². The van der Waals surface area contributed by atoms with Crippen molar-refractivity contribution in [3.63, 3.8) is 0 Å². The van der Waals surface area contributed by atoms with E-state index in [4.69, 9.17) is 18.7 Å². The molecule has 4 nitrogen and oxygen atoms in total. The molecule has 6 heteroatoms. The van der Waals surface area contributed by atoms with E-state index in [0.717, 1.165) is 0 Å². The second-order valence-corrected chi connectivity index (χ2v) is 7.10. The van der Waals surface area contributed by atoms with Crippen LogP contribution in [0.3, 0.4) is 0 Å². The van der Waals surface area contributed by atoms with E-state index in [2.05, 4.69) is 0 Å². The molecule has 0 bridgehead atoms. The zero-order chi connectivity index (χ0) is 15.1. The third kappa shape index (κ3) is 3.35. The first kappa shape index (κ1) is 17.0. The lowest BCUT2D eigenvalue weighted by Gasteiger charge is -2.40. The quantitative estimate of drug-likeness (QED) is 0.718. The third-order valence-electron chi connectivity index (χ3n) is 4.71. The Morgan fingerprint density at radius 3 is 1.68 bits per heavy atom. The molecule has 19 heavy (non-hydrogen) atoms. The molecule has 1 rings (SSSR count). The second kappa shape index (κ2) is 5.06. The zero-order valence-electron chi connectivity index (χ0n) is 13.8. The lowest BCUT2D eigenvalue weighted by Crippen LogP contribution is -2.51. The fourth-order valence-electron chi connectivity index (χ4n) is 1.56. The van der Waals surface area contributed by atoms with Gasteiger partial charge in [-0.25, -0.2) is 0 Å². The van der Waals surface area contributed by atoms with Gasteiger partial charge in [-0.05, 0) is 55.4 Å². The Labute approximate surface area is 118 Å². The van der Waals surface area contributed by atoms with Crippen molar-refractivity contribution >= 4 is 14.4 Å². The van der Waals surface area contributed by atoms with Crippen LogP contribution in [0.25, 0.3) is 0 Å². The molecule has 1 aliphatic rings. The fourth-order valence-corrected chi connectivity index (χ4v) is 1.56. The number of hydrogen-bond donors (Lipinski definition) is 0. The summed E-state index contributed by atoms with van der Waals surface area (Å²) in [5.74, 6) is 0. The normalized spacial score (nSPS) is 22.7. The summed E-state index contributed by atoms with van der Waals surface area (Å²) in [4.78, 5) is 0. The molecule has 0 aliphatic carbocycles. The Balaban J connectivity index is 2.61. The van der Waals surface area contributed by atoms with Gasteiger partial charge in [0.1, 0.15) is 0 Å². The minimum absolute atomic E-state index is 0.349. The molecule has 0 unspecified atom stereocenters. The zero-order valence-corrected chi connectivity index (χ0v) is 13.8. The van der Waals surface area contributed by atoms with Crippen molar-refractivity contribution < 1.29 is 18.7 Å². The summed E-state index contributed by atoms with van der Waals surface area (Å²) < 4.78 is 23.1. The van der Waals surface area contributed by atoms with Gasteiger partial charge in [0.25, 0.3) is 0 Å². The summed E-state index contributed by atoms with van der Waals surface area (Å²) in [7, 11) is 2.84. The Morgan fingerprint density at radius 1 is 0.895 bits per heavy atom. The maximum atomic E-state index is 5.86. The maximum Gasteiger partial charge on any atom is 0.439 e. The van der Waals surface area contributed by atoms with Crippen LogP contribution in [0.15, 0.2) is 0 Å². The minimum atomic E-state index is -0.481. The number of methoxy groups -OCH3 is 1. The first-order valence-electron chi connectivity index (χ1n) is 6.77. The summed E-state index contributed by atoms with van der Waals surface area (Å²) in [6.45, 7) is 16.0. The summed E-state index contributed by atoms with van der Waals surface area (Å²) in [6.07, 6.45) is 0. The third-order valence-corrected chi connectivity index (χ3v) is 4.71. The van der Waals surface area contributed by atoms with E-state index in [1.165, 1.54) is 0 Å². The average Bonchev–Trinajstić information content (AvgIpc) is 2.45. The predicted octanol–water partition coefficient (Wildman–Crippen LogP) is 2.41. The van der Waals surface area contributed by atoms with E-state index in [-0.39, 0.29) is 11.2 Å². The van der Waals surface area contributed by atoms with Crippen LogP contribution in [0.2, 0.25) is 0 Å². The molecule has 1 heterocycles. The molecule has 1 aliphatic heterocycles. The minimum Gasteiger partial charge on any atom is -0.435 e. The van der Waals surface area contributed by atoms with E-state index < -0.39 is 18.2 Å². The van der Waals surface area contributed by atoms with Gasteiger partial charge in [-0.1, -0.05) is 0 Å². The van der Waals surface area contributed by atoms with E-state index >= 15 is 0 Å². The number of rotatable bonds is 5. The van der Waals surface area contributed by atoms with Gasteiger partial charge >= 0.3 is 14.4 Å². The van der Waals surface area contributed by atoms with Gasteiger partial charge in [0.2, 0.25) is 0 Å². The van der Waals surface area contributed by atoms with Crippen molar-refractivity contribution in [1.29, 1.82) is 0 Å². The highest BCUT2D eigenvalue weighted by atomic mass is 16.7. The topological polar surface area (TPSA) is 36.9 Å². The predicted molar refractivity (Wildman–Crippen MR) is 78.1 cm³/mol. The Kier molecular flexibility index (Phi) is 4.54. The Bertz CT molecular complexity index is 311. The van der Waals surface area contributed by atoms with Crippen molar-refractivity contribution in [1.82, 2.24) is 0 Å². The Morgan fingerprint density at radius 2 is 1.32 bits per heavy atom. The van der Waals surface area contributed by atoms with Crippen molar-refractivity contribution in [2.24, 2.45) is 0 Å².